The second-order valence-corrected chi connectivity index (χ2v) is 7.73. The highest BCUT2D eigenvalue weighted by molar-refractivity contribution is 5.85. The molecule has 30 heavy (non-hydrogen) atoms. The number of amides is 1. The number of aryl methyl sites for hydroxylation is 1. The highest BCUT2D eigenvalue weighted by atomic mass is 35.5. The Balaban J connectivity index is 0.00000320. The Morgan fingerprint density at radius 2 is 1.80 bits per heavy atom. The summed E-state index contributed by atoms with van der Waals surface area (Å²) in [6.07, 6.45) is 0. The summed E-state index contributed by atoms with van der Waals surface area (Å²) in [6, 6.07) is 14.0. The Morgan fingerprint density at radius 3 is 2.43 bits per heavy atom. The van der Waals surface area contributed by atoms with E-state index in [1.54, 1.807) is 14.2 Å². The molecular weight excluding hydrogens is 402 g/mol. The van der Waals surface area contributed by atoms with Crippen LogP contribution in [0.25, 0.3) is 0 Å². The number of benzene rings is 2. The molecule has 1 aliphatic heterocycles. The molecule has 3 atom stereocenters. The zero-order valence-electron chi connectivity index (χ0n) is 18.1. The molecule has 3 rings (SSSR count). The maximum absolute atomic E-state index is 12.7. The van der Waals surface area contributed by atoms with E-state index in [0.717, 1.165) is 24.2 Å². The van der Waals surface area contributed by atoms with Crippen LogP contribution in [0.1, 0.15) is 35.6 Å². The van der Waals surface area contributed by atoms with Crippen molar-refractivity contribution in [1.82, 2.24) is 10.2 Å². The van der Waals surface area contributed by atoms with Crippen molar-refractivity contribution < 1.29 is 14.3 Å². The predicted octanol–water partition coefficient (Wildman–Crippen LogP) is 3.04. The molecule has 1 fully saturated rings. The van der Waals surface area contributed by atoms with Crippen LogP contribution < -0.4 is 20.5 Å². The Hall–Kier alpha value is -2.28. The lowest BCUT2D eigenvalue weighted by molar-refractivity contribution is -0.122. The summed E-state index contributed by atoms with van der Waals surface area (Å²) in [5.74, 6) is 1.60. The molecule has 0 aliphatic carbocycles. The molecule has 1 aliphatic rings. The number of nitrogens with two attached hydrogens (primary N) is 1. The maximum Gasteiger partial charge on any atom is 0.234 e. The lowest BCUT2D eigenvalue weighted by Crippen LogP contribution is -2.38. The van der Waals surface area contributed by atoms with Gasteiger partial charge in [-0.3, -0.25) is 9.69 Å². The number of hydrogen-bond acceptors (Lipinski definition) is 5. The quantitative estimate of drug-likeness (QED) is 0.701. The molecule has 0 radical (unpaired) electrons. The molecule has 2 aromatic rings. The van der Waals surface area contributed by atoms with E-state index in [4.69, 9.17) is 15.2 Å². The number of carbonyl (C=O) groups excluding carboxylic acids is 1. The molecule has 1 saturated heterocycles. The molecule has 0 spiro atoms. The monoisotopic (exact) mass is 433 g/mol. The number of nitrogens with one attached hydrogen (secondary N) is 1. The topological polar surface area (TPSA) is 76.8 Å². The third-order valence-corrected chi connectivity index (χ3v) is 5.65. The van der Waals surface area contributed by atoms with Gasteiger partial charge >= 0.3 is 0 Å². The molecule has 0 bridgehead atoms. The smallest absolute Gasteiger partial charge is 0.234 e. The number of carbonyl (C=O) groups is 1. The second-order valence-electron chi connectivity index (χ2n) is 7.73. The van der Waals surface area contributed by atoms with Crippen LogP contribution in [0.15, 0.2) is 42.5 Å². The number of ether oxygens (including phenoxy) is 2. The van der Waals surface area contributed by atoms with Crippen molar-refractivity contribution in [3.63, 3.8) is 0 Å². The summed E-state index contributed by atoms with van der Waals surface area (Å²) in [6.45, 7) is 5.84. The fraction of sp³-hybridized carbons (Fsp3) is 0.435. The van der Waals surface area contributed by atoms with Gasteiger partial charge in [-0.25, -0.2) is 0 Å². The van der Waals surface area contributed by atoms with Gasteiger partial charge in [0.15, 0.2) is 11.5 Å². The molecule has 1 amide bonds. The summed E-state index contributed by atoms with van der Waals surface area (Å²) in [5.41, 5.74) is 9.64. The molecule has 2 aromatic carbocycles. The summed E-state index contributed by atoms with van der Waals surface area (Å²) in [4.78, 5) is 14.8. The predicted molar refractivity (Wildman–Crippen MR) is 122 cm³/mol. The van der Waals surface area contributed by atoms with Crippen molar-refractivity contribution in [2.24, 2.45) is 5.73 Å². The van der Waals surface area contributed by atoms with Gasteiger partial charge in [-0.2, -0.15) is 0 Å². The highest BCUT2D eigenvalue weighted by Gasteiger charge is 2.32. The van der Waals surface area contributed by atoms with E-state index < -0.39 is 0 Å². The molecular formula is C23H32ClN3O3. The van der Waals surface area contributed by atoms with E-state index in [0.29, 0.717) is 18.0 Å². The van der Waals surface area contributed by atoms with E-state index in [2.05, 4.69) is 22.3 Å². The van der Waals surface area contributed by atoms with Gasteiger partial charge in [0.25, 0.3) is 0 Å². The van der Waals surface area contributed by atoms with E-state index in [9.17, 15) is 4.79 Å². The first-order valence-electron chi connectivity index (χ1n) is 9.97. The Labute approximate surface area is 185 Å². The van der Waals surface area contributed by atoms with Crippen molar-refractivity contribution in [2.75, 3.05) is 33.9 Å². The number of halogens is 1. The van der Waals surface area contributed by atoms with Gasteiger partial charge in [-0.1, -0.05) is 30.3 Å². The number of likely N-dealkylation sites (tertiary alicyclic amines) is 1. The first-order valence-corrected chi connectivity index (χ1v) is 9.97. The van der Waals surface area contributed by atoms with Crippen molar-refractivity contribution in [3.8, 4) is 11.5 Å². The molecule has 164 valence electrons. The lowest BCUT2D eigenvalue weighted by Gasteiger charge is -2.21. The lowest BCUT2D eigenvalue weighted by atomic mass is 9.95. The van der Waals surface area contributed by atoms with Gasteiger partial charge in [-0.15, -0.1) is 12.4 Å². The fourth-order valence-electron chi connectivity index (χ4n) is 4.13. The molecule has 1 unspecified atom stereocenters. The second kappa shape index (κ2) is 10.7. The normalized spacial score (nSPS) is 19.6. The largest absolute Gasteiger partial charge is 0.493 e. The summed E-state index contributed by atoms with van der Waals surface area (Å²) in [5, 5.41) is 3.10. The standard InChI is InChI=1S/C23H31N3O3.ClH/c1-15-10-21(28-3)22(29-4)11-18(15)16(2)25-23(27)14-26-12-19(20(24)13-26)17-8-6-5-7-9-17;/h5-11,16,19-20H,12-14,24H2,1-4H3,(H,25,27);1H/t16?,19-,20+;/m0./s1. The van der Waals surface area contributed by atoms with Gasteiger partial charge in [0.05, 0.1) is 26.8 Å². The first-order chi connectivity index (χ1) is 13.9. The minimum Gasteiger partial charge on any atom is -0.493 e. The van der Waals surface area contributed by atoms with Crippen molar-refractivity contribution in [3.05, 3.63) is 59.2 Å². The average molecular weight is 434 g/mol. The molecule has 3 N–H and O–H groups in total. The average Bonchev–Trinajstić information content (AvgIpc) is 3.07. The molecule has 0 aromatic heterocycles. The van der Waals surface area contributed by atoms with Crippen LogP contribution in [0.2, 0.25) is 0 Å². The van der Waals surface area contributed by atoms with Crippen LogP contribution in [-0.4, -0.2) is 50.7 Å². The molecule has 6 nitrogen and oxygen atoms in total. The van der Waals surface area contributed by atoms with Crippen LogP contribution in [0.4, 0.5) is 0 Å². The highest BCUT2D eigenvalue weighted by Crippen LogP contribution is 2.33. The van der Waals surface area contributed by atoms with Crippen LogP contribution in [0, 0.1) is 6.92 Å². The van der Waals surface area contributed by atoms with Crippen molar-refractivity contribution >= 4 is 18.3 Å². The van der Waals surface area contributed by atoms with Crippen LogP contribution in [-0.2, 0) is 4.79 Å². The molecule has 0 saturated carbocycles. The first kappa shape index (κ1) is 24.0. The van der Waals surface area contributed by atoms with Gasteiger partial charge in [-0.05, 0) is 42.7 Å². The van der Waals surface area contributed by atoms with E-state index in [1.165, 1.54) is 5.56 Å². The minimum absolute atomic E-state index is 0. The van der Waals surface area contributed by atoms with Gasteiger partial charge in [0.2, 0.25) is 5.91 Å². The maximum atomic E-state index is 12.7. The summed E-state index contributed by atoms with van der Waals surface area (Å²) >= 11 is 0. The number of nitrogens with zero attached hydrogens (tertiary/aromatic N) is 1. The van der Waals surface area contributed by atoms with Crippen LogP contribution in [0.3, 0.4) is 0 Å². The van der Waals surface area contributed by atoms with E-state index >= 15 is 0 Å². The summed E-state index contributed by atoms with van der Waals surface area (Å²) < 4.78 is 10.7. The van der Waals surface area contributed by atoms with Gasteiger partial charge in [0.1, 0.15) is 0 Å². The Bertz CT molecular complexity index is 847. The van der Waals surface area contributed by atoms with Crippen molar-refractivity contribution in [1.29, 1.82) is 0 Å². The third-order valence-electron chi connectivity index (χ3n) is 5.65. The van der Waals surface area contributed by atoms with Crippen LogP contribution in [0.5, 0.6) is 11.5 Å². The zero-order valence-corrected chi connectivity index (χ0v) is 18.9. The number of rotatable bonds is 7. The fourth-order valence-corrected chi connectivity index (χ4v) is 4.13. The Morgan fingerprint density at radius 1 is 1.17 bits per heavy atom. The zero-order chi connectivity index (χ0) is 21.0. The Kier molecular flexibility index (Phi) is 8.53. The van der Waals surface area contributed by atoms with E-state index in [1.807, 2.05) is 44.2 Å². The number of hydrogen-bond donors (Lipinski definition) is 2. The minimum atomic E-state index is -0.136. The number of methoxy groups -OCH3 is 2. The van der Waals surface area contributed by atoms with Gasteiger partial charge < -0.3 is 20.5 Å². The van der Waals surface area contributed by atoms with E-state index in [-0.39, 0.29) is 36.3 Å². The summed E-state index contributed by atoms with van der Waals surface area (Å²) in [7, 11) is 3.23. The molecule has 7 heteroatoms. The molecule has 1 heterocycles. The van der Waals surface area contributed by atoms with Gasteiger partial charge in [0, 0.05) is 25.0 Å². The van der Waals surface area contributed by atoms with Crippen molar-refractivity contribution in [2.45, 2.75) is 31.8 Å². The van der Waals surface area contributed by atoms with Crippen LogP contribution >= 0.6 is 12.4 Å². The third kappa shape index (κ3) is 5.45. The SMILES string of the molecule is COc1cc(C)c(C(C)NC(=O)CN2C[C@@H](N)[C@H](c3ccccc3)C2)cc1OC.Cl.